The van der Waals surface area contributed by atoms with Crippen LogP contribution in [0.2, 0.25) is 10.0 Å². The Morgan fingerprint density at radius 3 is 2.64 bits per heavy atom. The second-order valence-corrected chi connectivity index (χ2v) is 7.08. The zero-order valence-electron chi connectivity index (χ0n) is 14.6. The summed E-state index contributed by atoms with van der Waals surface area (Å²) in [5, 5.41) is 14.1. The maximum Gasteiger partial charge on any atom is 0.325 e. The second-order valence-electron chi connectivity index (χ2n) is 6.24. The van der Waals surface area contributed by atoms with E-state index < -0.39 is 22.4 Å². The Balaban J connectivity index is 1.70. The number of nitro benzene ring substituents is 1. The summed E-state index contributed by atoms with van der Waals surface area (Å²) in [5.74, 6) is -0.214. The van der Waals surface area contributed by atoms with Gasteiger partial charge >= 0.3 is 6.03 Å². The molecule has 1 aliphatic heterocycles. The first kappa shape index (κ1) is 19.9. The quantitative estimate of drug-likeness (QED) is 0.432. The number of nitrogens with zero attached hydrogens (tertiary/aromatic N) is 2. The molecule has 10 heteroatoms. The Morgan fingerprint density at radius 2 is 1.96 bits per heavy atom. The van der Waals surface area contributed by atoms with Crippen molar-refractivity contribution in [3.63, 3.8) is 0 Å². The number of hydrogen-bond acceptors (Lipinski definition) is 5. The molecule has 1 atom stereocenters. The van der Waals surface area contributed by atoms with Crippen molar-refractivity contribution in [3.8, 4) is 5.75 Å². The number of imide groups is 1. The Morgan fingerprint density at radius 1 is 1.21 bits per heavy atom. The summed E-state index contributed by atoms with van der Waals surface area (Å²) in [4.78, 5) is 36.5. The second kappa shape index (κ2) is 7.65. The highest BCUT2D eigenvalue weighted by atomic mass is 35.5. The molecule has 3 rings (SSSR count). The summed E-state index contributed by atoms with van der Waals surface area (Å²) in [5.41, 5.74) is -1.01. The highest BCUT2D eigenvalue weighted by molar-refractivity contribution is 6.35. The van der Waals surface area contributed by atoms with E-state index in [1.165, 1.54) is 24.3 Å². The van der Waals surface area contributed by atoms with Gasteiger partial charge in [0, 0.05) is 21.7 Å². The van der Waals surface area contributed by atoms with Crippen LogP contribution in [0.5, 0.6) is 5.75 Å². The van der Waals surface area contributed by atoms with Crippen molar-refractivity contribution in [1.29, 1.82) is 0 Å². The SMILES string of the molecule is CC1(c2ccc(Cl)cc2Cl)NC(=O)N(CCOc2cccc([N+](=O)[O-])c2)C1=O. The van der Waals surface area contributed by atoms with Crippen LogP contribution in [0.3, 0.4) is 0 Å². The van der Waals surface area contributed by atoms with Crippen molar-refractivity contribution in [3.05, 3.63) is 68.2 Å². The first-order valence-corrected chi connectivity index (χ1v) is 8.95. The molecule has 3 amide bonds. The monoisotopic (exact) mass is 423 g/mol. The summed E-state index contributed by atoms with van der Waals surface area (Å²) in [6.07, 6.45) is 0. The highest BCUT2D eigenvalue weighted by Gasteiger charge is 2.49. The fourth-order valence-corrected chi connectivity index (χ4v) is 3.52. The normalized spacial score (nSPS) is 18.9. The van der Waals surface area contributed by atoms with E-state index in [-0.39, 0.29) is 29.6 Å². The van der Waals surface area contributed by atoms with Crippen LogP contribution in [0.4, 0.5) is 10.5 Å². The molecule has 8 nitrogen and oxygen atoms in total. The van der Waals surface area contributed by atoms with Crippen molar-refractivity contribution >= 4 is 40.8 Å². The molecule has 1 heterocycles. The van der Waals surface area contributed by atoms with E-state index in [9.17, 15) is 19.7 Å². The van der Waals surface area contributed by atoms with Gasteiger partial charge in [-0.3, -0.25) is 19.8 Å². The number of amides is 3. The summed E-state index contributed by atoms with van der Waals surface area (Å²) < 4.78 is 5.45. The van der Waals surface area contributed by atoms with E-state index in [2.05, 4.69) is 5.32 Å². The molecule has 1 fully saturated rings. The van der Waals surface area contributed by atoms with Crippen LogP contribution >= 0.6 is 23.2 Å². The molecule has 1 aliphatic rings. The number of non-ortho nitro benzene ring substituents is 1. The third kappa shape index (κ3) is 3.74. The number of carbonyl (C=O) groups is 2. The molecular weight excluding hydrogens is 409 g/mol. The molecule has 0 spiro atoms. The zero-order chi connectivity index (χ0) is 20.5. The molecule has 0 aromatic heterocycles. The highest BCUT2D eigenvalue weighted by Crippen LogP contribution is 2.34. The predicted octanol–water partition coefficient (Wildman–Crippen LogP) is 3.75. The number of rotatable bonds is 6. The van der Waals surface area contributed by atoms with Crippen molar-refractivity contribution < 1.29 is 19.2 Å². The van der Waals surface area contributed by atoms with Crippen LogP contribution in [0.1, 0.15) is 12.5 Å². The molecule has 0 saturated carbocycles. The average Bonchev–Trinajstić information content (AvgIpc) is 2.85. The predicted molar refractivity (Wildman–Crippen MR) is 103 cm³/mol. The number of nitrogens with one attached hydrogen (secondary N) is 1. The van der Waals surface area contributed by atoms with Gasteiger partial charge in [0.1, 0.15) is 17.9 Å². The van der Waals surface area contributed by atoms with E-state index >= 15 is 0 Å². The lowest BCUT2D eigenvalue weighted by molar-refractivity contribution is -0.384. The molecule has 1 N–H and O–H groups in total. The number of urea groups is 1. The summed E-state index contributed by atoms with van der Waals surface area (Å²) >= 11 is 12.1. The first-order valence-electron chi connectivity index (χ1n) is 8.19. The van der Waals surface area contributed by atoms with Gasteiger partial charge in [0.25, 0.3) is 11.6 Å². The summed E-state index contributed by atoms with van der Waals surface area (Å²) in [6, 6.07) is 9.73. The number of benzene rings is 2. The van der Waals surface area contributed by atoms with E-state index in [0.29, 0.717) is 10.6 Å². The first-order chi connectivity index (χ1) is 13.2. The minimum Gasteiger partial charge on any atom is -0.491 e. The van der Waals surface area contributed by atoms with E-state index in [1.807, 2.05) is 0 Å². The van der Waals surface area contributed by atoms with Crippen LogP contribution in [0, 0.1) is 10.1 Å². The third-order valence-corrected chi connectivity index (χ3v) is 4.90. The fraction of sp³-hybridized carbons (Fsp3) is 0.222. The number of halogens is 2. The molecular formula is C18H15Cl2N3O5. The van der Waals surface area contributed by atoms with Crippen LogP contribution in [0.25, 0.3) is 0 Å². The van der Waals surface area contributed by atoms with E-state index in [0.717, 1.165) is 4.90 Å². The van der Waals surface area contributed by atoms with Crippen LogP contribution in [0.15, 0.2) is 42.5 Å². The fourth-order valence-electron chi connectivity index (χ4n) is 2.92. The molecule has 28 heavy (non-hydrogen) atoms. The minimum absolute atomic E-state index is 0.0231. The van der Waals surface area contributed by atoms with Gasteiger partial charge in [-0.25, -0.2) is 4.79 Å². The molecule has 0 aliphatic carbocycles. The Bertz CT molecular complexity index is 968. The smallest absolute Gasteiger partial charge is 0.325 e. The summed E-state index contributed by atoms with van der Waals surface area (Å²) in [7, 11) is 0. The lowest BCUT2D eigenvalue weighted by Gasteiger charge is -2.23. The van der Waals surface area contributed by atoms with Gasteiger partial charge in [-0.05, 0) is 25.1 Å². The minimum atomic E-state index is -1.33. The van der Waals surface area contributed by atoms with Gasteiger partial charge in [0.05, 0.1) is 17.5 Å². The standard InChI is InChI=1S/C18H15Cl2N3O5/c1-18(14-6-5-11(19)9-15(14)20)16(24)22(17(25)21-18)7-8-28-13-4-2-3-12(10-13)23(26)27/h2-6,9-10H,7-8H2,1H3,(H,21,25). The molecule has 2 aromatic carbocycles. The number of carbonyl (C=O) groups excluding carboxylic acids is 2. The van der Waals surface area contributed by atoms with Crippen LogP contribution in [-0.2, 0) is 10.3 Å². The summed E-state index contributed by atoms with van der Waals surface area (Å²) in [6.45, 7) is 1.50. The van der Waals surface area contributed by atoms with Gasteiger partial charge in [-0.15, -0.1) is 0 Å². The maximum absolute atomic E-state index is 12.9. The lowest BCUT2D eigenvalue weighted by atomic mass is 9.92. The van der Waals surface area contributed by atoms with Gasteiger partial charge in [-0.1, -0.05) is 35.3 Å². The van der Waals surface area contributed by atoms with Gasteiger partial charge in [0.15, 0.2) is 0 Å². The van der Waals surface area contributed by atoms with Gasteiger partial charge < -0.3 is 10.1 Å². The average molecular weight is 424 g/mol. The van der Waals surface area contributed by atoms with E-state index in [1.54, 1.807) is 25.1 Å². The third-order valence-electron chi connectivity index (χ3n) is 4.36. The lowest BCUT2D eigenvalue weighted by Crippen LogP contribution is -2.41. The van der Waals surface area contributed by atoms with Crippen LogP contribution < -0.4 is 10.1 Å². The molecule has 0 bridgehead atoms. The molecule has 1 unspecified atom stereocenters. The topological polar surface area (TPSA) is 102 Å². The Hall–Kier alpha value is -2.84. The van der Waals surface area contributed by atoms with Crippen molar-refractivity contribution in [2.24, 2.45) is 0 Å². The maximum atomic E-state index is 12.9. The number of hydrogen-bond donors (Lipinski definition) is 1. The van der Waals surface area contributed by atoms with Crippen molar-refractivity contribution in [2.75, 3.05) is 13.2 Å². The van der Waals surface area contributed by atoms with Gasteiger partial charge in [-0.2, -0.15) is 0 Å². The Kier molecular flexibility index (Phi) is 5.44. The van der Waals surface area contributed by atoms with E-state index in [4.69, 9.17) is 27.9 Å². The number of nitro groups is 1. The molecule has 1 saturated heterocycles. The van der Waals surface area contributed by atoms with Crippen LogP contribution in [-0.4, -0.2) is 34.9 Å². The number of ether oxygens (including phenoxy) is 1. The molecule has 2 aromatic rings. The van der Waals surface area contributed by atoms with Crippen molar-refractivity contribution in [2.45, 2.75) is 12.5 Å². The molecule has 146 valence electrons. The van der Waals surface area contributed by atoms with Crippen molar-refractivity contribution in [1.82, 2.24) is 10.2 Å². The largest absolute Gasteiger partial charge is 0.491 e. The molecule has 0 radical (unpaired) electrons. The Labute approximate surface area is 170 Å². The zero-order valence-corrected chi connectivity index (χ0v) is 16.2. The van der Waals surface area contributed by atoms with Gasteiger partial charge in [0.2, 0.25) is 0 Å².